The normalized spacial score (nSPS) is 12.3. The van der Waals surface area contributed by atoms with Crippen molar-refractivity contribution in [1.29, 1.82) is 0 Å². The lowest BCUT2D eigenvalue weighted by atomic mass is 10.0. The molecule has 0 aliphatic rings. The Balaban J connectivity index is 2.61. The van der Waals surface area contributed by atoms with Crippen molar-refractivity contribution in [3.8, 4) is 0 Å². The molecule has 1 rings (SSSR count). The van der Waals surface area contributed by atoms with Crippen LogP contribution in [-0.4, -0.2) is 37.0 Å². The van der Waals surface area contributed by atoms with Crippen LogP contribution in [0.15, 0.2) is 24.3 Å². The first-order chi connectivity index (χ1) is 9.85. The van der Waals surface area contributed by atoms with Crippen LogP contribution in [0.25, 0.3) is 0 Å². The summed E-state index contributed by atoms with van der Waals surface area (Å²) in [6.45, 7) is 6.75. The number of nitrogens with zero attached hydrogens (tertiary/aromatic N) is 1. The van der Waals surface area contributed by atoms with Gasteiger partial charge in [-0.15, -0.1) is 0 Å². The lowest BCUT2D eigenvalue weighted by molar-refractivity contribution is -0.124. The quantitative estimate of drug-likeness (QED) is 0.873. The molecule has 1 aromatic carbocycles. The number of benzene rings is 1. The molecule has 5 heteroatoms. The number of rotatable bonds is 5. The number of likely N-dealkylation sites (N-methyl/N-ethyl adjacent to an activating group) is 1. The highest BCUT2D eigenvalue weighted by molar-refractivity contribution is 5.96. The van der Waals surface area contributed by atoms with Crippen molar-refractivity contribution in [2.45, 2.75) is 39.3 Å². The molecule has 0 saturated heterocycles. The second-order valence-electron chi connectivity index (χ2n) is 5.56. The standard InChI is InChI=1S/C16H25N3O2/c1-11(2)14-8-6-13(7-9-14)10-19(5)12(3)15(20)18-16(21)17-4/h6-9,11-12H,10H2,1-5H3,(H2,17,18,20,21)/t12-/m0/s1. The summed E-state index contributed by atoms with van der Waals surface area (Å²) in [6, 6.07) is 7.52. The van der Waals surface area contributed by atoms with Gasteiger partial charge in [0.2, 0.25) is 5.91 Å². The Morgan fingerprint density at radius 2 is 1.71 bits per heavy atom. The fourth-order valence-corrected chi connectivity index (χ4v) is 1.91. The van der Waals surface area contributed by atoms with Gasteiger partial charge in [-0.3, -0.25) is 15.0 Å². The minimum absolute atomic E-state index is 0.310. The van der Waals surface area contributed by atoms with Gasteiger partial charge in [0.05, 0.1) is 6.04 Å². The highest BCUT2D eigenvalue weighted by Gasteiger charge is 2.19. The third-order valence-electron chi connectivity index (χ3n) is 3.58. The molecular formula is C16H25N3O2. The summed E-state index contributed by atoms with van der Waals surface area (Å²) in [5.41, 5.74) is 2.44. The summed E-state index contributed by atoms with van der Waals surface area (Å²) >= 11 is 0. The lowest BCUT2D eigenvalue weighted by Gasteiger charge is -2.23. The Bertz CT molecular complexity index is 483. The van der Waals surface area contributed by atoms with E-state index in [2.05, 4.69) is 48.7 Å². The zero-order chi connectivity index (χ0) is 16.0. The fraction of sp³-hybridized carbons (Fsp3) is 0.500. The van der Waals surface area contributed by atoms with Crippen molar-refractivity contribution < 1.29 is 9.59 Å². The van der Waals surface area contributed by atoms with Gasteiger partial charge in [-0.2, -0.15) is 0 Å². The molecule has 0 aromatic heterocycles. The van der Waals surface area contributed by atoms with Crippen molar-refractivity contribution in [3.05, 3.63) is 35.4 Å². The Morgan fingerprint density at radius 1 is 1.14 bits per heavy atom. The predicted octanol–water partition coefficient (Wildman–Crippen LogP) is 2.09. The van der Waals surface area contributed by atoms with Crippen molar-refractivity contribution >= 4 is 11.9 Å². The maximum Gasteiger partial charge on any atom is 0.321 e. The van der Waals surface area contributed by atoms with Gasteiger partial charge >= 0.3 is 6.03 Å². The molecule has 21 heavy (non-hydrogen) atoms. The van der Waals surface area contributed by atoms with Gasteiger partial charge in [0.15, 0.2) is 0 Å². The van der Waals surface area contributed by atoms with E-state index in [0.717, 1.165) is 5.56 Å². The molecule has 116 valence electrons. The van der Waals surface area contributed by atoms with Crippen LogP contribution >= 0.6 is 0 Å². The lowest BCUT2D eigenvalue weighted by Crippen LogP contribution is -2.47. The number of hydrogen-bond donors (Lipinski definition) is 2. The van der Waals surface area contributed by atoms with Gasteiger partial charge in [-0.1, -0.05) is 38.1 Å². The molecule has 0 unspecified atom stereocenters. The first-order valence-corrected chi connectivity index (χ1v) is 7.16. The molecule has 0 aliphatic heterocycles. The van der Waals surface area contributed by atoms with Crippen LogP contribution < -0.4 is 10.6 Å². The van der Waals surface area contributed by atoms with E-state index in [9.17, 15) is 9.59 Å². The highest BCUT2D eigenvalue weighted by atomic mass is 16.2. The topological polar surface area (TPSA) is 61.4 Å². The maximum absolute atomic E-state index is 11.9. The van der Waals surface area contributed by atoms with Crippen molar-refractivity contribution in [2.24, 2.45) is 0 Å². The number of carbonyl (C=O) groups is 2. The third kappa shape index (κ3) is 5.19. The van der Waals surface area contributed by atoms with E-state index in [1.807, 2.05) is 11.9 Å². The van der Waals surface area contributed by atoms with Crippen molar-refractivity contribution in [2.75, 3.05) is 14.1 Å². The minimum atomic E-state index is -0.485. The second-order valence-corrected chi connectivity index (χ2v) is 5.56. The van der Waals surface area contributed by atoms with Crippen LogP contribution in [0.4, 0.5) is 4.79 Å². The number of nitrogens with one attached hydrogen (secondary N) is 2. The van der Waals surface area contributed by atoms with E-state index in [-0.39, 0.29) is 11.9 Å². The SMILES string of the molecule is CNC(=O)NC(=O)[C@H](C)N(C)Cc1ccc(C(C)C)cc1. The fourth-order valence-electron chi connectivity index (χ4n) is 1.91. The number of imide groups is 1. The Labute approximate surface area is 126 Å². The van der Waals surface area contributed by atoms with Crippen LogP contribution in [0.2, 0.25) is 0 Å². The smallest absolute Gasteiger partial charge is 0.321 e. The van der Waals surface area contributed by atoms with Gasteiger partial charge in [0, 0.05) is 13.6 Å². The summed E-state index contributed by atoms with van der Waals surface area (Å²) < 4.78 is 0. The molecule has 0 heterocycles. The molecule has 0 fully saturated rings. The first kappa shape index (κ1) is 17.2. The molecule has 1 atom stereocenters. The molecule has 0 radical (unpaired) electrons. The van der Waals surface area contributed by atoms with E-state index >= 15 is 0 Å². The van der Waals surface area contributed by atoms with Crippen LogP contribution in [0.3, 0.4) is 0 Å². The minimum Gasteiger partial charge on any atom is -0.341 e. The largest absolute Gasteiger partial charge is 0.341 e. The number of carbonyl (C=O) groups excluding carboxylic acids is 2. The van der Waals surface area contributed by atoms with E-state index in [0.29, 0.717) is 12.5 Å². The van der Waals surface area contributed by atoms with E-state index < -0.39 is 6.03 Å². The Hall–Kier alpha value is -1.88. The molecule has 0 saturated carbocycles. The highest BCUT2D eigenvalue weighted by Crippen LogP contribution is 2.15. The molecule has 0 spiro atoms. The van der Waals surface area contributed by atoms with Gasteiger partial charge in [-0.25, -0.2) is 4.79 Å². The molecule has 1 aromatic rings. The third-order valence-corrected chi connectivity index (χ3v) is 3.58. The van der Waals surface area contributed by atoms with E-state index in [4.69, 9.17) is 0 Å². The van der Waals surface area contributed by atoms with Crippen LogP contribution in [0, 0.1) is 0 Å². The summed E-state index contributed by atoms with van der Waals surface area (Å²) in [7, 11) is 3.34. The maximum atomic E-state index is 11.9. The van der Waals surface area contributed by atoms with Crippen LogP contribution in [0.1, 0.15) is 37.8 Å². The average Bonchev–Trinajstić information content (AvgIpc) is 2.46. The summed E-state index contributed by atoms with van der Waals surface area (Å²) in [4.78, 5) is 24.9. The van der Waals surface area contributed by atoms with Crippen molar-refractivity contribution in [3.63, 3.8) is 0 Å². The van der Waals surface area contributed by atoms with Gasteiger partial charge in [-0.05, 0) is 31.0 Å². The average molecular weight is 291 g/mol. The van der Waals surface area contributed by atoms with E-state index in [1.165, 1.54) is 12.6 Å². The Kier molecular flexibility index (Phi) is 6.37. The van der Waals surface area contributed by atoms with Gasteiger partial charge < -0.3 is 5.32 Å². The zero-order valence-electron chi connectivity index (χ0n) is 13.4. The predicted molar refractivity (Wildman–Crippen MR) is 84.1 cm³/mol. The summed E-state index contributed by atoms with van der Waals surface area (Å²) in [6.07, 6.45) is 0. The summed E-state index contributed by atoms with van der Waals surface area (Å²) in [5.74, 6) is 0.199. The molecule has 0 bridgehead atoms. The van der Waals surface area contributed by atoms with Gasteiger partial charge in [0.1, 0.15) is 0 Å². The summed E-state index contributed by atoms with van der Waals surface area (Å²) in [5, 5.41) is 4.66. The van der Waals surface area contributed by atoms with Crippen LogP contribution in [-0.2, 0) is 11.3 Å². The molecule has 3 amide bonds. The van der Waals surface area contributed by atoms with Crippen LogP contribution in [0.5, 0.6) is 0 Å². The van der Waals surface area contributed by atoms with Crippen molar-refractivity contribution in [1.82, 2.24) is 15.5 Å². The van der Waals surface area contributed by atoms with E-state index in [1.54, 1.807) is 6.92 Å². The number of amides is 3. The molecule has 0 aliphatic carbocycles. The Morgan fingerprint density at radius 3 is 2.19 bits per heavy atom. The number of urea groups is 1. The molecular weight excluding hydrogens is 266 g/mol. The molecule has 2 N–H and O–H groups in total. The molecule has 5 nitrogen and oxygen atoms in total. The van der Waals surface area contributed by atoms with Gasteiger partial charge in [0.25, 0.3) is 0 Å². The monoisotopic (exact) mass is 291 g/mol. The number of hydrogen-bond acceptors (Lipinski definition) is 3. The second kappa shape index (κ2) is 7.78. The first-order valence-electron chi connectivity index (χ1n) is 7.16. The zero-order valence-corrected chi connectivity index (χ0v) is 13.4.